The SMILES string of the molecule is CCCCCCCCCCCCCCCCCCCCCC(=O)OC[C@H](COC(=O)CCCCCCCCCCCCCCC)OC(=O)CCCCCCCCCCCCCCCCCCC(C)C. The quantitative estimate of drug-likeness (QED) is 0.0343. The number of carbonyl (C=O) groups is 3. The summed E-state index contributed by atoms with van der Waals surface area (Å²) in [5, 5.41) is 0. The highest BCUT2D eigenvalue weighted by molar-refractivity contribution is 5.71. The second-order valence-electron chi connectivity index (χ2n) is 22.2. The topological polar surface area (TPSA) is 78.9 Å². The molecule has 0 fully saturated rings. The summed E-state index contributed by atoms with van der Waals surface area (Å²) in [6.45, 7) is 9.09. The van der Waals surface area contributed by atoms with Gasteiger partial charge < -0.3 is 14.2 Å². The number of unbranched alkanes of at least 4 members (excludes halogenated alkanes) is 45. The van der Waals surface area contributed by atoms with Crippen LogP contribution in [0.1, 0.15) is 362 Å². The van der Waals surface area contributed by atoms with Gasteiger partial charge in [-0.05, 0) is 25.2 Å². The van der Waals surface area contributed by atoms with Crippen LogP contribution in [-0.4, -0.2) is 37.2 Å². The van der Waals surface area contributed by atoms with Gasteiger partial charge in [-0.3, -0.25) is 14.4 Å². The lowest BCUT2D eigenvalue weighted by Crippen LogP contribution is -2.30. The molecule has 410 valence electrons. The van der Waals surface area contributed by atoms with E-state index in [2.05, 4.69) is 27.7 Å². The minimum absolute atomic E-state index is 0.0612. The summed E-state index contributed by atoms with van der Waals surface area (Å²) in [6.07, 6.45) is 63.9. The molecule has 6 nitrogen and oxygen atoms in total. The van der Waals surface area contributed by atoms with Crippen molar-refractivity contribution in [3.8, 4) is 0 Å². The van der Waals surface area contributed by atoms with Gasteiger partial charge in [0, 0.05) is 19.3 Å². The van der Waals surface area contributed by atoms with Crippen molar-refractivity contribution in [2.75, 3.05) is 13.2 Å². The van der Waals surface area contributed by atoms with E-state index in [0.29, 0.717) is 19.3 Å². The van der Waals surface area contributed by atoms with E-state index in [1.54, 1.807) is 0 Å². The lowest BCUT2D eigenvalue weighted by atomic mass is 10.0. The maximum atomic E-state index is 12.9. The van der Waals surface area contributed by atoms with Gasteiger partial charge >= 0.3 is 17.9 Å². The molecule has 0 saturated heterocycles. The molecule has 0 aromatic heterocycles. The van der Waals surface area contributed by atoms with Gasteiger partial charge in [-0.2, -0.15) is 0 Å². The Morgan fingerprint density at radius 1 is 0.275 bits per heavy atom. The van der Waals surface area contributed by atoms with Crippen LogP contribution in [-0.2, 0) is 28.6 Å². The van der Waals surface area contributed by atoms with Crippen molar-refractivity contribution in [1.29, 1.82) is 0 Å². The van der Waals surface area contributed by atoms with Crippen LogP contribution >= 0.6 is 0 Å². The van der Waals surface area contributed by atoms with Crippen molar-refractivity contribution in [2.24, 2.45) is 5.92 Å². The van der Waals surface area contributed by atoms with Gasteiger partial charge in [-0.15, -0.1) is 0 Å². The molecule has 0 aliphatic heterocycles. The molecule has 0 unspecified atom stereocenters. The van der Waals surface area contributed by atoms with Gasteiger partial charge in [-0.25, -0.2) is 0 Å². The lowest BCUT2D eigenvalue weighted by molar-refractivity contribution is -0.167. The van der Waals surface area contributed by atoms with E-state index in [1.807, 2.05) is 0 Å². The number of carbonyl (C=O) groups excluding carboxylic acids is 3. The zero-order valence-corrected chi connectivity index (χ0v) is 47.3. The fourth-order valence-electron chi connectivity index (χ4n) is 9.81. The van der Waals surface area contributed by atoms with E-state index < -0.39 is 6.10 Å². The van der Waals surface area contributed by atoms with E-state index in [9.17, 15) is 14.4 Å². The fourth-order valence-corrected chi connectivity index (χ4v) is 9.81. The molecule has 1 atom stereocenters. The van der Waals surface area contributed by atoms with Crippen molar-refractivity contribution < 1.29 is 28.6 Å². The zero-order chi connectivity index (χ0) is 50.2. The molecule has 69 heavy (non-hydrogen) atoms. The number of esters is 3. The van der Waals surface area contributed by atoms with Crippen molar-refractivity contribution in [1.82, 2.24) is 0 Å². The van der Waals surface area contributed by atoms with Crippen LogP contribution in [0.4, 0.5) is 0 Å². The molecular formula is C63H122O6. The van der Waals surface area contributed by atoms with Crippen molar-refractivity contribution in [2.45, 2.75) is 368 Å². The standard InChI is InChI=1S/C63H122O6/c1-5-7-9-11-13-15-17-19-20-21-22-23-27-31-35-39-43-47-51-55-62(65)68-58-60(57-67-61(64)54-50-46-42-38-34-29-18-16-14-12-10-8-6-2)69-63(66)56-52-48-44-40-36-32-28-25-24-26-30-33-37-41-45-49-53-59(3)4/h59-60H,5-58H2,1-4H3/t60-/m0/s1. The van der Waals surface area contributed by atoms with Crippen LogP contribution in [0, 0.1) is 5.92 Å². The third kappa shape index (κ3) is 57.2. The molecule has 0 heterocycles. The number of ether oxygens (including phenoxy) is 3. The van der Waals surface area contributed by atoms with Crippen LogP contribution in [0.25, 0.3) is 0 Å². The Morgan fingerprint density at radius 3 is 0.710 bits per heavy atom. The van der Waals surface area contributed by atoms with Gasteiger partial charge in [0.2, 0.25) is 0 Å². The van der Waals surface area contributed by atoms with Crippen LogP contribution < -0.4 is 0 Å². The molecule has 0 aromatic rings. The first-order valence-corrected chi connectivity index (χ1v) is 31.4. The van der Waals surface area contributed by atoms with Gasteiger partial charge in [0.25, 0.3) is 0 Å². The molecule has 0 aromatic carbocycles. The van der Waals surface area contributed by atoms with Crippen LogP contribution in [0.15, 0.2) is 0 Å². The van der Waals surface area contributed by atoms with Crippen LogP contribution in [0.3, 0.4) is 0 Å². The second kappa shape index (κ2) is 57.3. The highest BCUT2D eigenvalue weighted by Crippen LogP contribution is 2.19. The molecule has 0 aliphatic rings. The molecule has 0 spiro atoms. The molecule has 6 heteroatoms. The zero-order valence-electron chi connectivity index (χ0n) is 47.3. The Kier molecular flexibility index (Phi) is 56.0. The maximum absolute atomic E-state index is 12.9. The Labute approximate surface area is 431 Å². The molecule has 0 rings (SSSR count). The average Bonchev–Trinajstić information content (AvgIpc) is 3.34. The summed E-state index contributed by atoms with van der Waals surface area (Å²) in [5.74, 6) is 0.0227. The Morgan fingerprint density at radius 2 is 0.478 bits per heavy atom. The van der Waals surface area contributed by atoms with Gasteiger partial charge in [0.05, 0.1) is 0 Å². The molecule has 0 radical (unpaired) electrons. The average molecular weight is 976 g/mol. The normalized spacial score (nSPS) is 12.0. The highest BCUT2D eigenvalue weighted by Gasteiger charge is 2.19. The first-order chi connectivity index (χ1) is 33.9. The van der Waals surface area contributed by atoms with E-state index in [-0.39, 0.29) is 31.1 Å². The first kappa shape index (κ1) is 67.4. The molecule has 0 bridgehead atoms. The van der Waals surface area contributed by atoms with Crippen molar-refractivity contribution in [3.63, 3.8) is 0 Å². The Hall–Kier alpha value is -1.59. The molecular weight excluding hydrogens is 853 g/mol. The largest absolute Gasteiger partial charge is 0.462 e. The minimum atomic E-state index is -0.762. The van der Waals surface area contributed by atoms with Crippen LogP contribution in [0.5, 0.6) is 0 Å². The summed E-state index contributed by atoms with van der Waals surface area (Å²) in [6, 6.07) is 0. The maximum Gasteiger partial charge on any atom is 0.306 e. The lowest BCUT2D eigenvalue weighted by Gasteiger charge is -2.18. The predicted molar refractivity (Wildman–Crippen MR) is 298 cm³/mol. The third-order valence-corrected chi connectivity index (χ3v) is 14.5. The fraction of sp³-hybridized carbons (Fsp3) is 0.952. The van der Waals surface area contributed by atoms with E-state index >= 15 is 0 Å². The first-order valence-electron chi connectivity index (χ1n) is 31.4. The highest BCUT2D eigenvalue weighted by atomic mass is 16.6. The molecule has 0 N–H and O–H groups in total. The third-order valence-electron chi connectivity index (χ3n) is 14.5. The van der Waals surface area contributed by atoms with Crippen molar-refractivity contribution in [3.05, 3.63) is 0 Å². The number of rotatable bonds is 58. The summed E-state index contributed by atoms with van der Waals surface area (Å²) >= 11 is 0. The van der Waals surface area contributed by atoms with E-state index in [0.717, 1.165) is 63.7 Å². The van der Waals surface area contributed by atoms with Gasteiger partial charge in [-0.1, -0.05) is 323 Å². The Balaban J connectivity index is 4.26. The molecule has 0 amide bonds. The smallest absolute Gasteiger partial charge is 0.306 e. The van der Waals surface area contributed by atoms with Crippen LogP contribution in [0.2, 0.25) is 0 Å². The predicted octanol–water partition coefficient (Wildman–Crippen LogP) is 21.0. The van der Waals surface area contributed by atoms with E-state index in [4.69, 9.17) is 14.2 Å². The minimum Gasteiger partial charge on any atom is -0.462 e. The van der Waals surface area contributed by atoms with E-state index in [1.165, 1.54) is 257 Å². The van der Waals surface area contributed by atoms with Gasteiger partial charge in [0.1, 0.15) is 13.2 Å². The second-order valence-corrected chi connectivity index (χ2v) is 22.2. The monoisotopic (exact) mass is 975 g/mol. The summed E-state index contributed by atoms with van der Waals surface area (Å²) in [4.78, 5) is 38.2. The number of hydrogen-bond donors (Lipinski definition) is 0. The number of hydrogen-bond acceptors (Lipinski definition) is 6. The summed E-state index contributed by atoms with van der Waals surface area (Å²) in [7, 11) is 0. The summed E-state index contributed by atoms with van der Waals surface area (Å²) < 4.78 is 16.9. The summed E-state index contributed by atoms with van der Waals surface area (Å²) in [5.41, 5.74) is 0. The molecule has 0 aliphatic carbocycles. The Bertz CT molecular complexity index is 1040. The van der Waals surface area contributed by atoms with Gasteiger partial charge in [0.15, 0.2) is 6.10 Å². The van der Waals surface area contributed by atoms with Crippen molar-refractivity contribution >= 4 is 17.9 Å². The molecule has 0 saturated carbocycles.